The molecule has 2 aromatic heterocycles. The zero-order valence-electron chi connectivity index (χ0n) is 16.5. The number of thioether (sulfide) groups is 1. The SMILES string of the molecule is N#Cc1cc(C(=O)Nc2ccccc2)c(N)nc1SCc1nc2ccccc2n1C(F)F. The van der Waals surface area contributed by atoms with Crippen LogP contribution < -0.4 is 11.1 Å². The maximum absolute atomic E-state index is 13.6. The molecule has 2 heterocycles. The molecule has 0 aliphatic heterocycles. The highest BCUT2D eigenvalue weighted by molar-refractivity contribution is 7.98. The Labute approximate surface area is 185 Å². The predicted molar refractivity (Wildman–Crippen MR) is 118 cm³/mol. The summed E-state index contributed by atoms with van der Waals surface area (Å²) in [6, 6.07) is 18.7. The first-order valence-corrected chi connectivity index (χ1v) is 10.4. The third-order valence-electron chi connectivity index (χ3n) is 4.62. The molecule has 32 heavy (non-hydrogen) atoms. The highest BCUT2D eigenvalue weighted by atomic mass is 32.2. The zero-order valence-corrected chi connectivity index (χ0v) is 17.3. The predicted octanol–water partition coefficient (Wildman–Crippen LogP) is 4.82. The van der Waals surface area contributed by atoms with E-state index in [-0.39, 0.29) is 33.5 Å². The number of nitrogens with two attached hydrogens (primary N) is 1. The molecule has 0 atom stereocenters. The highest BCUT2D eigenvalue weighted by Gasteiger charge is 2.20. The lowest BCUT2D eigenvalue weighted by Gasteiger charge is -2.11. The van der Waals surface area contributed by atoms with E-state index >= 15 is 0 Å². The number of nitrogen functional groups attached to an aromatic ring is 1. The summed E-state index contributed by atoms with van der Waals surface area (Å²) in [5, 5.41) is 12.5. The van der Waals surface area contributed by atoms with Crippen LogP contribution in [0, 0.1) is 11.3 Å². The van der Waals surface area contributed by atoms with Gasteiger partial charge in [0.2, 0.25) is 0 Å². The number of aromatic nitrogens is 3. The van der Waals surface area contributed by atoms with Gasteiger partial charge in [-0.3, -0.25) is 9.36 Å². The molecule has 7 nitrogen and oxygen atoms in total. The maximum atomic E-state index is 13.6. The molecule has 3 N–H and O–H groups in total. The van der Waals surface area contributed by atoms with E-state index in [1.54, 1.807) is 48.5 Å². The second-order valence-electron chi connectivity index (χ2n) is 6.66. The van der Waals surface area contributed by atoms with E-state index in [2.05, 4.69) is 15.3 Å². The van der Waals surface area contributed by atoms with E-state index in [0.29, 0.717) is 16.7 Å². The number of amides is 1. The first kappa shape index (κ1) is 21.3. The second-order valence-corrected chi connectivity index (χ2v) is 7.62. The van der Waals surface area contributed by atoms with E-state index in [0.717, 1.165) is 16.3 Å². The summed E-state index contributed by atoms with van der Waals surface area (Å²) >= 11 is 1.05. The number of anilines is 2. The van der Waals surface area contributed by atoms with Crippen LogP contribution in [0.5, 0.6) is 0 Å². The average Bonchev–Trinajstić information content (AvgIpc) is 3.17. The van der Waals surface area contributed by atoms with Crippen molar-refractivity contribution >= 4 is 40.2 Å². The van der Waals surface area contributed by atoms with Gasteiger partial charge < -0.3 is 11.1 Å². The number of pyridine rings is 1. The molecule has 0 radical (unpaired) electrons. The lowest BCUT2D eigenvalue weighted by molar-refractivity contribution is 0.0722. The number of alkyl halides is 2. The summed E-state index contributed by atoms with van der Waals surface area (Å²) in [4.78, 5) is 21.0. The molecule has 10 heteroatoms. The number of halogens is 2. The molecule has 0 saturated carbocycles. The van der Waals surface area contributed by atoms with Crippen LogP contribution in [-0.2, 0) is 5.75 Å². The minimum atomic E-state index is -2.77. The molecule has 0 aliphatic carbocycles. The van der Waals surface area contributed by atoms with E-state index in [1.165, 1.54) is 6.07 Å². The van der Waals surface area contributed by atoms with Crippen molar-refractivity contribution in [3.63, 3.8) is 0 Å². The van der Waals surface area contributed by atoms with Crippen molar-refractivity contribution in [1.82, 2.24) is 14.5 Å². The minimum Gasteiger partial charge on any atom is -0.383 e. The molecular weight excluding hydrogens is 434 g/mol. The van der Waals surface area contributed by atoms with Crippen molar-refractivity contribution in [3.05, 3.63) is 77.6 Å². The number of hydrogen-bond donors (Lipinski definition) is 2. The number of hydrogen-bond acceptors (Lipinski definition) is 6. The fourth-order valence-electron chi connectivity index (χ4n) is 3.15. The Bertz CT molecular complexity index is 1330. The Morgan fingerprint density at radius 2 is 1.88 bits per heavy atom. The van der Waals surface area contributed by atoms with Crippen molar-refractivity contribution in [2.24, 2.45) is 0 Å². The Morgan fingerprint density at radius 1 is 1.16 bits per heavy atom. The van der Waals surface area contributed by atoms with Crippen LogP contribution in [0.4, 0.5) is 20.3 Å². The van der Waals surface area contributed by atoms with Gasteiger partial charge in [-0.05, 0) is 30.3 Å². The summed E-state index contributed by atoms with van der Waals surface area (Å²) in [5.74, 6) is -0.396. The molecule has 0 spiro atoms. The average molecular weight is 450 g/mol. The largest absolute Gasteiger partial charge is 0.383 e. The number of rotatable bonds is 6. The Balaban J connectivity index is 1.60. The van der Waals surface area contributed by atoms with E-state index in [4.69, 9.17) is 5.73 Å². The molecule has 0 saturated heterocycles. The summed E-state index contributed by atoms with van der Waals surface area (Å²) in [6.07, 6.45) is 0. The Kier molecular flexibility index (Phi) is 6.00. The number of carbonyl (C=O) groups excluding carboxylic acids is 1. The molecule has 4 aromatic rings. The van der Waals surface area contributed by atoms with E-state index in [9.17, 15) is 18.8 Å². The quantitative estimate of drug-likeness (QED) is 0.408. The molecule has 4 rings (SSSR count). The maximum Gasteiger partial charge on any atom is 0.320 e. The summed E-state index contributed by atoms with van der Waals surface area (Å²) in [6.45, 7) is -2.77. The fraction of sp³-hybridized carbons (Fsp3) is 0.0909. The van der Waals surface area contributed by atoms with E-state index in [1.807, 2.05) is 12.1 Å². The number of nitrogens with zero attached hydrogens (tertiary/aromatic N) is 4. The van der Waals surface area contributed by atoms with Gasteiger partial charge in [0.1, 0.15) is 22.7 Å². The Hall–Kier alpha value is -3.97. The van der Waals surface area contributed by atoms with Crippen molar-refractivity contribution in [2.75, 3.05) is 11.1 Å². The van der Waals surface area contributed by atoms with Gasteiger partial charge in [-0.25, -0.2) is 9.97 Å². The number of imidazole rings is 1. The van der Waals surface area contributed by atoms with E-state index < -0.39 is 12.5 Å². The van der Waals surface area contributed by atoms with Crippen molar-refractivity contribution < 1.29 is 13.6 Å². The second kappa shape index (κ2) is 9.03. The molecule has 0 aliphatic rings. The number of fused-ring (bicyclic) bond motifs is 1. The van der Waals surface area contributed by atoms with Crippen LogP contribution in [0.1, 0.15) is 28.3 Å². The number of benzene rings is 2. The van der Waals surface area contributed by atoms with Gasteiger partial charge in [-0.2, -0.15) is 14.0 Å². The lowest BCUT2D eigenvalue weighted by Crippen LogP contribution is -2.15. The van der Waals surface area contributed by atoms with Crippen molar-refractivity contribution in [1.29, 1.82) is 5.26 Å². The minimum absolute atomic E-state index is 0.0374. The molecule has 0 unspecified atom stereocenters. The van der Waals surface area contributed by atoms with Crippen LogP contribution in [0.3, 0.4) is 0 Å². The molecular formula is C22H16F2N6OS. The van der Waals surface area contributed by atoms with Gasteiger partial charge in [-0.1, -0.05) is 42.1 Å². The number of nitriles is 1. The van der Waals surface area contributed by atoms with Gasteiger partial charge in [0, 0.05) is 5.69 Å². The van der Waals surface area contributed by atoms with Crippen LogP contribution in [0.25, 0.3) is 11.0 Å². The Morgan fingerprint density at radius 3 is 2.59 bits per heavy atom. The topological polar surface area (TPSA) is 110 Å². The van der Waals surface area contributed by atoms with Crippen LogP contribution in [0.15, 0.2) is 65.7 Å². The number of nitrogens with one attached hydrogen (secondary N) is 1. The third kappa shape index (κ3) is 4.24. The van der Waals surface area contributed by atoms with Gasteiger partial charge in [-0.15, -0.1) is 0 Å². The van der Waals surface area contributed by atoms with Crippen LogP contribution in [-0.4, -0.2) is 20.4 Å². The highest BCUT2D eigenvalue weighted by Crippen LogP contribution is 2.30. The summed E-state index contributed by atoms with van der Waals surface area (Å²) in [7, 11) is 0. The van der Waals surface area contributed by atoms with Gasteiger partial charge in [0.05, 0.1) is 27.9 Å². The molecule has 2 aromatic carbocycles. The smallest absolute Gasteiger partial charge is 0.320 e. The fourth-order valence-corrected chi connectivity index (χ4v) is 4.04. The van der Waals surface area contributed by atoms with Crippen LogP contribution in [0.2, 0.25) is 0 Å². The van der Waals surface area contributed by atoms with Gasteiger partial charge in [0.15, 0.2) is 0 Å². The summed E-state index contributed by atoms with van der Waals surface area (Å²) in [5.41, 5.74) is 7.47. The number of carbonyl (C=O) groups is 1. The normalized spacial score (nSPS) is 10.9. The van der Waals surface area contributed by atoms with Crippen molar-refractivity contribution in [2.45, 2.75) is 17.3 Å². The standard InChI is InChI=1S/C22H16F2N6OS/c23-22(24)30-17-9-5-4-8-16(17)28-18(30)12-32-21-13(11-25)10-15(19(26)29-21)20(31)27-14-6-2-1-3-7-14/h1-10,22H,12H2,(H2,26,29)(H,27,31). The van der Waals surface area contributed by atoms with Gasteiger partial charge >= 0.3 is 6.55 Å². The van der Waals surface area contributed by atoms with Crippen molar-refractivity contribution in [3.8, 4) is 6.07 Å². The first-order chi connectivity index (χ1) is 15.5. The molecule has 0 fully saturated rings. The monoisotopic (exact) mass is 450 g/mol. The lowest BCUT2D eigenvalue weighted by atomic mass is 10.2. The van der Waals surface area contributed by atoms with Crippen LogP contribution >= 0.6 is 11.8 Å². The first-order valence-electron chi connectivity index (χ1n) is 9.41. The molecule has 160 valence electrons. The number of para-hydroxylation sites is 3. The summed E-state index contributed by atoms with van der Waals surface area (Å²) < 4.78 is 28.1. The zero-order chi connectivity index (χ0) is 22.7. The molecule has 1 amide bonds. The molecule has 0 bridgehead atoms. The van der Waals surface area contributed by atoms with Gasteiger partial charge in [0.25, 0.3) is 5.91 Å². The third-order valence-corrected chi connectivity index (χ3v) is 5.60.